The zero-order valence-electron chi connectivity index (χ0n) is 8.06. The van der Waals surface area contributed by atoms with Crippen LogP contribution in [-0.2, 0) is 0 Å². The second-order valence-electron chi connectivity index (χ2n) is 2.51. The third-order valence-electron chi connectivity index (χ3n) is 1.74. The SMILES string of the molecule is CC.Cc1cccc2c(Br)[nH]nc12. The number of aromatic nitrogens is 2. The number of nitrogens with zero attached hydrogens (tertiary/aromatic N) is 1. The number of halogens is 1. The molecule has 2 rings (SSSR count). The highest BCUT2D eigenvalue weighted by Crippen LogP contribution is 2.22. The fourth-order valence-corrected chi connectivity index (χ4v) is 1.56. The second-order valence-corrected chi connectivity index (χ2v) is 3.30. The van der Waals surface area contributed by atoms with Crippen molar-refractivity contribution < 1.29 is 0 Å². The maximum atomic E-state index is 4.15. The van der Waals surface area contributed by atoms with Crippen LogP contribution in [0.25, 0.3) is 10.9 Å². The fourth-order valence-electron chi connectivity index (χ4n) is 1.15. The zero-order valence-corrected chi connectivity index (χ0v) is 9.64. The standard InChI is InChI=1S/C8H7BrN2.C2H6/c1-5-3-2-4-6-7(5)10-11-8(6)9;1-2/h2-4H,1H3,(H,10,11);1-2H3. The van der Waals surface area contributed by atoms with Gasteiger partial charge < -0.3 is 0 Å². The number of para-hydroxylation sites is 1. The first-order valence-electron chi connectivity index (χ1n) is 4.38. The third kappa shape index (κ3) is 1.91. The van der Waals surface area contributed by atoms with E-state index in [4.69, 9.17) is 0 Å². The summed E-state index contributed by atoms with van der Waals surface area (Å²) >= 11 is 3.38. The zero-order chi connectivity index (χ0) is 9.84. The molecule has 0 aliphatic heterocycles. The number of aryl methyl sites for hydroxylation is 1. The molecule has 0 atom stereocenters. The number of nitrogens with one attached hydrogen (secondary N) is 1. The van der Waals surface area contributed by atoms with Crippen molar-refractivity contribution >= 4 is 26.8 Å². The lowest BCUT2D eigenvalue weighted by molar-refractivity contribution is 1.09. The predicted octanol–water partition coefficient (Wildman–Crippen LogP) is 3.66. The maximum Gasteiger partial charge on any atom is 0.108 e. The van der Waals surface area contributed by atoms with Gasteiger partial charge in [-0.05, 0) is 28.4 Å². The molecule has 2 aromatic rings. The first-order chi connectivity index (χ1) is 6.29. The molecule has 0 aliphatic carbocycles. The molecule has 0 unspecified atom stereocenters. The van der Waals surface area contributed by atoms with Crippen molar-refractivity contribution in [3.8, 4) is 0 Å². The quantitative estimate of drug-likeness (QED) is 0.749. The average Bonchev–Trinajstić information content (AvgIpc) is 2.53. The van der Waals surface area contributed by atoms with Crippen LogP contribution in [0.3, 0.4) is 0 Å². The van der Waals surface area contributed by atoms with Gasteiger partial charge in [-0.1, -0.05) is 32.0 Å². The van der Waals surface area contributed by atoms with Crippen LogP contribution >= 0.6 is 15.9 Å². The molecule has 1 aromatic carbocycles. The summed E-state index contributed by atoms with van der Waals surface area (Å²) in [7, 11) is 0. The van der Waals surface area contributed by atoms with Crippen molar-refractivity contribution in [2.24, 2.45) is 0 Å². The molecule has 70 valence electrons. The number of fused-ring (bicyclic) bond motifs is 1. The Balaban J connectivity index is 0.000000396. The van der Waals surface area contributed by atoms with Gasteiger partial charge in [-0.2, -0.15) is 5.10 Å². The Labute approximate surface area is 86.5 Å². The molecular weight excluding hydrogens is 228 g/mol. The molecule has 0 spiro atoms. The fraction of sp³-hybridized carbons (Fsp3) is 0.300. The van der Waals surface area contributed by atoms with E-state index < -0.39 is 0 Å². The van der Waals surface area contributed by atoms with Gasteiger partial charge in [0.05, 0.1) is 5.52 Å². The molecule has 2 nitrogen and oxygen atoms in total. The molecule has 0 saturated carbocycles. The Morgan fingerprint density at radius 3 is 2.62 bits per heavy atom. The lowest BCUT2D eigenvalue weighted by Gasteiger charge is -1.91. The number of rotatable bonds is 0. The molecule has 0 bridgehead atoms. The number of benzene rings is 1. The Morgan fingerprint density at radius 1 is 1.31 bits per heavy atom. The number of H-pyrrole nitrogens is 1. The van der Waals surface area contributed by atoms with Crippen LogP contribution in [0, 0.1) is 6.92 Å². The minimum atomic E-state index is 0.955. The second kappa shape index (κ2) is 4.42. The number of hydrogen-bond donors (Lipinski definition) is 1. The van der Waals surface area contributed by atoms with Crippen LogP contribution in [0.1, 0.15) is 19.4 Å². The van der Waals surface area contributed by atoms with Crippen molar-refractivity contribution in [2.45, 2.75) is 20.8 Å². The van der Waals surface area contributed by atoms with Crippen LogP contribution < -0.4 is 0 Å². The summed E-state index contributed by atoms with van der Waals surface area (Å²) in [5, 5.41) is 8.17. The van der Waals surface area contributed by atoms with Gasteiger partial charge in [0.2, 0.25) is 0 Å². The summed E-state index contributed by atoms with van der Waals surface area (Å²) in [5.41, 5.74) is 2.24. The van der Waals surface area contributed by atoms with E-state index in [2.05, 4.69) is 39.1 Å². The number of hydrogen-bond acceptors (Lipinski definition) is 1. The normalized spacial score (nSPS) is 9.54. The molecule has 0 aliphatic rings. The van der Waals surface area contributed by atoms with Crippen LogP contribution in [0.2, 0.25) is 0 Å². The molecule has 0 fully saturated rings. The molecule has 13 heavy (non-hydrogen) atoms. The van der Waals surface area contributed by atoms with Crippen LogP contribution in [0.5, 0.6) is 0 Å². The highest BCUT2D eigenvalue weighted by Gasteiger charge is 2.02. The van der Waals surface area contributed by atoms with Gasteiger partial charge in [-0.25, -0.2) is 0 Å². The molecule has 0 radical (unpaired) electrons. The third-order valence-corrected chi connectivity index (χ3v) is 2.34. The van der Waals surface area contributed by atoms with Crippen LogP contribution in [0.4, 0.5) is 0 Å². The lowest BCUT2D eigenvalue weighted by Crippen LogP contribution is -1.73. The van der Waals surface area contributed by atoms with Crippen molar-refractivity contribution in [2.75, 3.05) is 0 Å². The minimum absolute atomic E-state index is 0.955. The summed E-state index contributed by atoms with van der Waals surface area (Å²) in [5.74, 6) is 0. The van der Waals surface area contributed by atoms with Gasteiger partial charge in [-0.3, -0.25) is 5.10 Å². The Kier molecular flexibility index (Phi) is 3.48. The maximum absolute atomic E-state index is 4.15. The van der Waals surface area contributed by atoms with Gasteiger partial charge in [-0.15, -0.1) is 0 Å². The smallest absolute Gasteiger partial charge is 0.108 e. The van der Waals surface area contributed by atoms with Gasteiger partial charge in [0.15, 0.2) is 0 Å². The number of aromatic amines is 1. The Hall–Kier alpha value is -0.830. The van der Waals surface area contributed by atoms with E-state index in [1.54, 1.807) is 0 Å². The van der Waals surface area contributed by atoms with Crippen LogP contribution in [-0.4, -0.2) is 10.2 Å². The van der Waals surface area contributed by atoms with E-state index in [0.29, 0.717) is 0 Å². The molecule has 0 amide bonds. The predicted molar refractivity (Wildman–Crippen MR) is 59.9 cm³/mol. The van der Waals surface area contributed by atoms with Crippen molar-refractivity contribution in [3.63, 3.8) is 0 Å². The summed E-state index contributed by atoms with van der Waals surface area (Å²) in [6.45, 7) is 6.05. The molecular formula is C10H13BrN2. The molecule has 1 N–H and O–H groups in total. The average molecular weight is 241 g/mol. The lowest BCUT2D eigenvalue weighted by atomic mass is 10.2. The summed E-state index contributed by atoms with van der Waals surface area (Å²) in [4.78, 5) is 0. The first-order valence-corrected chi connectivity index (χ1v) is 5.17. The molecule has 3 heteroatoms. The molecule has 1 heterocycles. The summed E-state index contributed by atoms with van der Waals surface area (Å²) < 4.78 is 0.955. The van der Waals surface area contributed by atoms with Crippen molar-refractivity contribution in [1.29, 1.82) is 0 Å². The van der Waals surface area contributed by atoms with Gasteiger partial charge in [0.1, 0.15) is 4.60 Å². The van der Waals surface area contributed by atoms with E-state index in [9.17, 15) is 0 Å². The monoisotopic (exact) mass is 240 g/mol. The first kappa shape index (κ1) is 10.3. The Bertz CT molecular complexity index is 393. The molecule has 1 aromatic heterocycles. The topological polar surface area (TPSA) is 28.7 Å². The van der Waals surface area contributed by atoms with E-state index >= 15 is 0 Å². The van der Waals surface area contributed by atoms with E-state index in [1.807, 2.05) is 26.0 Å². The van der Waals surface area contributed by atoms with E-state index in [1.165, 1.54) is 5.56 Å². The minimum Gasteiger partial charge on any atom is -0.270 e. The van der Waals surface area contributed by atoms with Gasteiger partial charge >= 0.3 is 0 Å². The summed E-state index contributed by atoms with van der Waals surface area (Å²) in [6, 6.07) is 6.11. The van der Waals surface area contributed by atoms with Gasteiger partial charge in [0.25, 0.3) is 0 Å². The van der Waals surface area contributed by atoms with Crippen molar-refractivity contribution in [1.82, 2.24) is 10.2 Å². The van der Waals surface area contributed by atoms with Gasteiger partial charge in [0, 0.05) is 5.39 Å². The molecule has 0 saturated heterocycles. The Morgan fingerprint density at radius 2 is 2.00 bits per heavy atom. The highest BCUT2D eigenvalue weighted by molar-refractivity contribution is 9.10. The van der Waals surface area contributed by atoms with E-state index in [-0.39, 0.29) is 0 Å². The highest BCUT2D eigenvalue weighted by atomic mass is 79.9. The van der Waals surface area contributed by atoms with E-state index in [0.717, 1.165) is 15.5 Å². The largest absolute Gasteiger partial charge is 0.270 e. The van der Waals surface area contributed by atoms with Crippen molar-refractivity contribution in [3.05, 3.63) is 28.4 Å². The summed E-state index contributed by atoms with van der Waals surface area (Å²) in [6.07, 6.45) is 0. The van der Waals surface area contributed by atoms with Crippen LogP contribution in [0.15, 0.2) is 22.8 Å².